The maximum atomic E-state index is 11.9. The Labute approximate surface area is 135 Å². The summed E-state index contributed by atoms with van der Waals surface area (Å²) < 4.78 is 2.35. The molecule has 2 rings (SSSR count). The SMILES string of the molecule is Cn1c(SCC(=O)Nc2ccc(Cl)cc2)cc(=O)n(C)c1=O. The monoisotopic (exact) mass is 339 g/mol. The molecule has 0 aliphatic carbocycles. The minimum absolute atomic E-state index is 0.0864. The van der Waals surface area contributed by atoms with E-state index in [1.54, 1.807) is 31.3 Å². The van der Waals surface area contributed by atoms with E-state index < -0.39 is 11.2 Å². The Morgan fingerprint density at radius 3 is 2.45 bits per heavy atom. The van der Waals surface area contributed by atoms with Gasteiger partial charge < -0.3 is 5.32 Å². The Bertz CT molecular complexity index is 812. The normalized spacial score (nSPS) is 10.5. The number of nitrogens with zero attached hydrogens (tertiary/aromatic N) is 2. The molecule has 0 radical (unpaired) electrons. The van der Waals surface area contributed by atoms with Crippen molar-refractivity contribution in [1.82, 2.24) is 9.13 Å². The molecule has 22 heavy (non-hydrogen) atoms. The summed E-state index contributed by atoms with van der Waals surface area (Å²) in [7, 11) is 2.97. The fourth-order valence-electron chi connectivity index (χ4n) is 1.72. The summed E-state index contributed by atoms with van der Waals surface area (Å²) in [6, 6.07) is 8.07. The van der Waals surface area contributed by atoms with Gasteiger partial charge in [0.2, 0.25) is 5.91 Å². The van der Waals surface area contributed by atoms with Crippen molar-refractivity contribution in [3.63, 3.8) is 0 Å². The highest BCUT2D eigenvalue weighted by molar-refractivity contribution is 7.99. The quantitative estimate of drug-likeness (QED) is 0.676. The first-order chi connectivity index (χ1) is 10.4. The summed E-state index contributed by atoms with van der Waals surface area (Å²) in [5.74, 6) is -0.149. The van der Waals surface area contributed by atoms with E-state index in [4.69, 9.17) is 11.6 Å². The molecule has 8 heteroatoms. The number of thioether (sulfide) groups is 1. The topological polar surface area (TPSA) is 73.1 Å². The molecule has 116 valence electrons. The van der Waals surface area contributed by atoms with Crippen LogP contribution in [0, 0.1) is 0 Å². The molecule has 1 amide bonds. The van der Waals surface area contributed by atoms with Crippen molar-refractivity contribution in [3.8, 4) is 0 Å². The summed E-state index contributed by atoms with van der Waals surface area (Å²) >= 11 is 6.89. The molecule has 1 aromatic carbocycles. The Morgan fingerprint density at radius 2 is 1.82 bits per heavy atom. The second kappa shape index (κ2) is 6.85. The summed E-state index contributed by atoms with van der Waals surface area (Å²) in [5, 5.41) is 3.74. The molecule has 6 nitrogen and oxygen atoms in total. The number of carbonyl (C=O) groups is 1. The van der Waals surface area contributed by atoms with Crippen LogP contribution in [0.15, 0.2) is 44.9 Å². The first-order valence-electron chi connectivity index (χ1n) is 6.34. The molecule has 0 aliphatic heterocycles. The maximum absolute atomic E-state index is 11.9. The van der Waals surface area contributed by atoms with Crippen LogP contribution in [0.4, 0.5) is 5.69 Å². The molecular formula is C14H14ClN3O3S. The summed E-state index contributed by atoms with van der Waals surface area (Å²) in [6.07, 6.45) is 0. The molecule has 0 spiro atoms. The van der Waals surface area contributed by atoms with E-state index in [-0.39, 0.29) is 11.7 Å². The third kappa shape index (κ3) is 3.80. The van der Waals surface area contributed by atoms with E-state index in [0.29, 0.717) is 15.7 Å². The Morgan fingerprint density at radius 1 is 1.18 bits per heavy atom. The fraction of sp³-hybridized carbons (Fsp3) is 0.214. The maximum Gasteiger partial charge on any atom is 0.331 e. The van der Waals surface area contributed by atoms with Crippen LogP contribution in [0.1, 0.15) is 0 Å². The van der Waals surface area contributed by atoms with E-state index >= 15 is 0 Å². The first kappa shape index (κ1) is 16.4. The molecule has 1 N–H and O–H groups in total. The Kier molecular flexibility index (Phi) is 5.10. The fourth-order valence-corrected chi connectivity index (χ4v) is 2.65. The largest absolute Gasteiger partial charge is 0.331 e. The molecule has 0 saturated carbocycles. The average Bonchev–Trinajstić information content (AvgIpc) is 2.50. The molecular weight excluding hydrogens is 326 g/mol. The lowest BCUT2D eigenvalue weighted by atomic mass is 10.3. The van der Waals surface area contributed by atoms with Crippen molar-refractivity contribution in [3.05, 3.63) is 56.2 Å². The number of hydrogen-bond donors (Lipinski definition) is 1. The highest BCUT2D eigenvalue weighted by atomic mass is 35.5. The number of anilines is 1. The molecule has 1 aromatic heterocycles. The Hall–Kier alpha value is -1.99. The zero-order valence-electron chi connectivity index (χ0n) is 12.0. The van der Waals surface area contributed by atoms with Crippen LogP contribution in [0.5, 0.6) is 0 Å². The highest BCUT2D eigenvalue weighted by Gasteiger charge is 2.09. The van der Waals surface area contributed by atoms with Crippen molar-refractivity contribution in [1.29, 1.82) is 0 Å². The number of nitrogens with one attached hydrogen (secondary N) is 1. The van der Waals surface area contributed by atoms with Gasteiger partial charge in [-0.25, -0.2) is 4.79 Å². The predicted octanol–water partition coefficient (Wildman–Crippen LogP) is 1.47. The third-order valence-electron chi connectivity index (χ3n) is 2.96. The smallest absolute Gasteiger partial charge is 0.325 e. The van der Waals surface area contributed by atoms with Crippen molar-refractivity contribution in [2.45, 2.75) is 5.03 Å². The van der Waals surface area contributed by atoms with Gasteiger partial charge in [-0.15, -0.1) is 0 Å². The van der Waals surface area contributed by atoms with Gasteiger partial charge in [0.1, 0.15) is 0 Å². The van der Waals surface area contributed by atoms with Gasteiger partial charge in [0, 0.05) is 30.9 Å². The van der Waals surface area contributed by atoms with Crippen molar-refractivity contribution >= 4 is 35.0 Å². The second-order valence-corrected chi connectivity index (χ2v) is 6.00. The standard InChI is InChI=1S/C14H14ClN3O3S/c1-17-12(20)7-13(18(2)14(17)21)22-8-11(19)16-10-5-3-9(15)4-6-10/h3-7H,8H2,1-2H3,(H,16,19). The molecule has 0 aliphatic rings. The minimum atomic E-state index is -0.423. The molecule has 2 aromatic rings. The first-order valence-corrected chi connectivity index (χ1v) is 7.70. The van der Waals surface area contributed by atoms with E-state index in [2.05, 4.69) is 5.32 Å². The van der Waals surface area contributed by atoms with Crippen LogP contribution in [0.2, 0.25) is 5.02 Å². The summed E-state index contributed by atoms with van der Waals surface area (Å²) in [5.41, 5.74) is -0.190. The number of halogens is 1. The zero-order valence-corrected chi connectivity index (χ0v) is 13.6. The van der Waals surface area contributed by atoms with Gasteiger partial charge >= 0.3 is 5.69 Å². The lowest BCUT2D eigenvalue weighted by molar-refractivity contribution is -0.113. The molecule has 0 fully saturated rings. The number of rotatable bonds is 4. The zero-order chi connectivity index (χ0) is 16.3. The van der Waals surface area contributed by atoms with Gasteiger partial charge in [0.05, 0.1) is 10.8 Å². The molecule has 0 atom stereocenters. The molecule has 0 saturated heterocycles. The van der Waals surface area contributed by atoms with Crippen LogP contribution in [-0.2, 0) is 18.9 Å². The molecule has 0 unspecified atom stereocenters. The number of amides is 1. The van der Waals surface area contributed by atoms with Crippen LogP contribution >= 0.6 is 23.4 Å². The predicted molar refractivity (Wildman–Crippen MR) is 87.7 cm³/mol. The van der Waals surface area contributed by atoms with Crippen LogP contribution in [0.25, 0.3) is 0 Å². The number of carbonyl (C=O) groups excluding carboxylic acids is 1. The lowest BCUT2D eigenvalue weighted by Crippen LogP contribution is -2.37. The average molecular weight is 340 g/mol. The van der Waals surface area contributed by atoms with E-state index in [1.165, 1.54) is 17.7 Å². The van der Waals surface area contributed by atoms with E-state index in [9.17, 15) is 14.4 Å². The van der Waals surface area contributed by atoms with Gasteiger partial charge in [-0.05, 0) is 24.3 Å². The van der Waals surface area contributed by atoms with Gasteiger partial charge in [-0.1, -0.05) is 23.4 Å². The third-order valence-corrected chi connectivity index (χ3v) is 4.31. The van der Waals surface area contributed by atoms with Gasteiger partial charge in [0.15, 0.2) is 0 Å². The van der Waals surface area contributed by atoms with E-state index in [0.717, 1.165) is 16.3 Å². The van der Waals surface area contributed by atoms with Crippen molar-refractivity contribution < 1.29 is 4.79 Å². The Balaban J connectivity index is 2.04. The second-order valence-electron chi connectivity index (χ2n) is 4.57. The summed E-state index contributed by atoms with van der Waals surface area (Å²) in [6.45, 7) is 0. The molecule has 0 bridgehead atoms. The number of aromatic nitrogens is 2. The number of hydrogen-bond acceptors (Lipinski definition) is 4. The van der Waals surface area contributed by atoms with Crippen molar-refractivity contribution in [2.24, 2.45) is 14.1 Å². The summed E-state index contributed by atoms with van der Waals surface area (Å²) in [4.78, 5) is 35.3. The molecule has 1 heterocycles. The van der Waals surface area contributed by atoms with E-state index in [1.807, 2.05) is 0 Å². The van der Waals surface area contributed by atoms with Crippen LogP contribution < -0.4 is 16.6 Å². The van der Waals surface area contributed by atoms with Gasteiger partial charge in [-0.2, -0.15) is 0 Å². The van der Waals surface area contributed by atoms with Crippen molar-refractivity contribution in [2.75, 3.05) is 11.1 Å². The van der Waals surface area contributed by atoms with Crippen LogP contribution in [-0.4, -0.2) is 20.8 Å². The van der Waals surface area contributed by atoms with Gasteiger partial charge in [-0.3, -0.25) is 18.7 Å². The highest BCUT2D eigenvalue weighted by Crippen LogP contribution is 2.16. The lowest BCUT2D eigenvalue weighted by Gasteiger charge is -2.09. The minimum Gasteiger partial charge on any atom is -0.325 e. The van der Waals surface area contributed by atoms with Crippen LogP contribution in [0.3, 0.4) is 0 Å². The number of benzene rings is 1. The van der Waals surface area contributed by atoms with Gasteiger partial charge in [0.25, 0.3) is 5.56 Å².